The van der Waals surface area contributed by atoms with E-state index < -0.39 is 0 Å². The summed E-state index contributed by atoms with van der Waals surface area (Å²) in [6, 6.07) is 9.27. The molecule has 0 aromatic heterocycles. The van der Waals surface area contributed by atoms with Crippen molar-refractivity contribution in [3.63, 3.8) is 0 Å². The van der Waals surface area contributed by atoms with E-state index in [9.17, 15) is 0 Å². The Bertz CT molecular complexity index is 405. The van der Waals surface area contributed by atoms with E-state index in [0.29, 0.717) is 0 Å². The molecule has 2 atom stereocenters. The standard InChI is InChI=1S/C16H25BrN2/c1-12(2)16-7-4-9-19(16)10-8-15(18)13-5-3-6-14(17)11-13/h3,5-6,11-12,15-16H,4,7-10,18H2,1-2H3. The normalized spacial score (nSPS) is 22.1. The van der Waals surface area contributed by atoms with Crippen LogP contribution in [0.5, 0.6) is 0 Å². The van der Waals surface area contributed by atoms with E-state index in [1.54, 1.807) is 0 Å². The van der Waals surface area contributed by atoms with Crippen molar-refractivity contribution < 1.29 is 0 Å². The number of hydrogen-bond acceptors (Lipinski definition) is 2. The fraction of sp³-hybridized carbons (Fsp3) is 0.625. The second kappa shape index (κ2) is 6.87. The molecule has 2 nitrogen and oxygen atoms in total. The molecular formula is C16H25BrN2. The van der Waals surface area contributed by atoms with Crippen LogP contribution in [0.2, 0.25) is 0 Å². The van der Waals surface area contributed by atoms with Crippen LogP contribution in [0.3, 0.4) is 0 Å². The van der Waals surface area contributed by atoms with Gasteiger partial charge in [0.1, 0.15) is 0 Å². The first-order valence-corrected chi connectivity index (χ1v) is 8.12. The van der Waals surface area contributed by atoms with Gasteiger partial charge in [0.25, 0.3) is 0 Å². The van der Waals surface area contributed by atoms with E-state index in [4.69, 9.17) is 5.73 Å². The number of halogens is 1. The van der Waals surface area contributed by atoms with Crippen LogP contribution in [-0.2, 0) is 0 Å². The lowest BCUT2D eigenvalue weighted by Gasteiger charge is -2.28. The van der Waals surface area contributed by atoms with Gasteiger partial charge >= 0.3 is 0 Å². The van der Waals surface area contributed by atoms with Crippen molar-refractivity contribution in [2.24, 2.45) is 11.7 Å². The average Bonchev–Trinajstić information content (AvgIpc) is 2.84. The van der Waals surface area contributed by atoms with Crippen LogP contribution in [0.25, 0.3) is 0 Å². The first-order valence-electron chi connectivity index (χ1n) is 7.33. The molecule has 0 spiro atoms. The van der Waals surface area contributed by atoms with Crippen molar-refractivity contribution in [2.75, 3.05) is 13.1 Å². The van der Waals surface area contributed by atoms with Crippen LogP contribution in [0.4, 0.5) is 0 Å². The molecule has 0 aliphatic carbocycles. The topological polar surface area (TPSA) is 29.3 Å². The largest absolute Gasteiger partial charge is 0.324 e. The fourth-order valence-corrected chi connectivity index (χ4v) is 3.51. The molecule has 1 aliphatic heterocycles. The Balaban J connectivity index is 1.88. The molecule has 0 radical (unpaired) electrons. The van der Waals surface area contributed by atoms with Crippen molar-refractivity contribution in [3.05, 3.63) is 34.3 Å². The highest BCUT2D eigenvalue weighted by molar-refractivity contribution is 9.10. The zero-order chi connectivity index (χ0) is 13.8. The molecule has 1 saturated heterocycles. The smallest absolute Gasteiger partial charge is 0.0307 e. The predicted molar refractivity (Wildman–Crippen MR) is 85.1 cm³/mol. The summed E-state index contributed by atoms with van der Waals surface area (Å²) in [6.07, 6.45) is 3.73. The van der Waals surface area contributed by atoms with Gasteiger partial charge in [-0.3, -0.25) is 0 Å². The maximum Gasteiger partial charge on any atom is 0.0307 e. The van der Waals surface area contributed by atoms with Gasteiger partial charge in [-0.1, -0.05) is 41.9 Å². The van der Waals surface area contributed by atoms with Gasteiger partial charge in [-0.25, -0.2) is 0 Å². The molecular weight excluding hydrogens is 300 g/mol. The van der Waals surface area contributed by atoms with Crippen molar-refractivity contribution in [1.29, 1.82) is 0 Å². The minimum atomic E-state index is 0.144. The fourth-order valence-electron chi connectivity index (χ4n) is 3.09. The zero-order valence-corrected chi connectivity index (χ0v) is 13.6. The summed E-state index contributed by atoms with van der Waals surface area (Å²) < 4.78 is 1.11. The predicted octanol–water partition coefficient (Wildman–Crippen LogP) is 3.96. The van der Waals surface area contributed by atoms with E-state index in [1.807, 2.05) is 6.07 Å². The molecule has 2 rings (SSSR count). The van der Waals surface area contributed by atoms with Gasteiger partial charge in [0, 0.05) is 23.1 Å². The van der Waals surface area contributed by atoms with E-state index in [2.05, 4.69) is 52.9 Å². The minimum Gasteiger partial charge on any atom is -0.324 e. The first-order chi connectivity index (χ1) is 9.08. The van der Waals surface area contributed by atoms with E-state index >= 15 is 0 Å². The van der Waals surface area contributed by atoms with Crippen LogP contribution < -0.4 is 5.73 Å². The molecule has 3 heteroatoms. The van der Waals surface area contributed by atoms with Crippen molar-refractivity contribution >= 4 is 15.9 Å². The van der Waals surface area contributed by atoms with Gasteiger partial charge in [0.15, 0.2) is 0 Å². The van der Waals surface area contributed by atoms with Gasteiger partial charge in [-0.2, -0.15) is 0 Å². The Labute approximate surface area is 125 Å². The lowest BCUT2D eigenvalue weighted by Crippen LogP contribution is -2.35. The van der Waals surface area contributed by atoms with Gasteiger partial charge in [-0.05, 0) is 49.4 Å². The summed E-state index contributed by atoms with van der Waals surface area (Å²) in [4.78, 5) is 2.63. The molecule has 0 saturated carbocycles. The zero-order valence-electron chi connectivity index (χ0n) is 12.0. The Morgan fingerprint density at radius 1 is 1.42 bits per heavy atom. The summed E-state index contributed by atoms with van der Waals surface area (Å²) in [5, 5.41) is 0. The summed E-state index contributed by atoms with van der Waals surface area (Å²) in [6.45, 7) is 7.03. The molecule has 0 amide bonds. The summed E-state index contributed by atoms with van der Waals surface area (Å²) in [7, 11) is 0. The summed E-state index contributed by atoms with van der Waals surface area (Å²) >= 11 is 3.51. The summed E-state index contributed by atoms with van der Waals surface area (Å²) in [5.74, 6) is 0.754. The highest BCUT2D eigenvalue weighted by Gasteiger charge is 2.26. The second-order valence-corrected chi connectivity index (χ2v) is 6.86. The third kappa shape index (κ3) is 4.04. The molecule has 1 aliphatic rings. The molecule has 1 aromatic rings. The van der Waals surface area contributed by atoms with Crippen molar-refractivity contribution in [1.82, 2.24) is 4.90 Å². The maximum absolute atomic E-state index is 6.32. The van der Waals surface area contributed by atoms with Crippen LogP contribution >= 0.6 is 15.9 Å². The molecule has 19 heavy (non-hydrogen) atoms. The van der Waals surface area contributed by atoms with Crippen LogP contribution in [0.15, 0.2) is 28.7 Å². The minimum absolute atomic E-state index is 0.144. The van der Waals surface area contributed by atoms with Crippen LogP contribution in [0, 0.1) is 5.92 Å². The van der Waals surface area contributed by atoms with Crippen LogP contribution in [-0.4, -0.2) is 24.0 Å². The Kier molecular flexibility index (Phi) is 5.43. The quantitative estimate of drug-likeness (QED) is 0.888. The number of benzene rings is 1. The molecule has 106 valence electrons. The van der Waals surface area contributed by atoms with Gasteiger partial charge < -0.3 is 10.6 Å². The Morgan fingerprint density at radius 2 is 2.21 bits per heavy atom. The molecule has 1 fully saturated rings. The SMILES string of the molecule is CC(C)C1CCCN1CCC(N)c1cccc(Br)c1. The van der Waals surface area contributed by atoms with E-state index in [0.717, 1.165) is 29.4 Å². The van der Waals surface area contributed by atoms with E-state index in [1.165, 1.54) is 24.9 Å². The Morgan fingerprint density at radius 3 is 2.89 bits per heavy atom. The molecule has 0 bridgehead atoms. The molecule has 1 aromatic carbocycles. The highest BCUT2D eigenvalue weighted by atomic mass is 79.9. The number of likely N-dealkylation sites (tertiary alicyclic amines) is 1. The lowest BCUT2D eigenvalue weighted by molar-refractivity contribution is 0.200. The van der Waals surface area contributed by atoms with Crippen LogP contribution in [0.1, 0.15) is 44.7 Å². The second-order valence-electron chi connectivity index (χ2n) is 5.94. The third-order valence-corrected chi connectivity index (χ3v) is 4.68. The van der Waals surface area contributed by atoms with Crippen molar-refractivity contribution in [2.45, 2.75) is 45.2 Å². The molecule has 2 N–H and O–H groups in total. The number of nitrogens with zero attached hydrogens (tertiary/aromatic N) is 1. The summed E-state index contributed by atoms with van der Waals surface area (Å²) in [5.41, 5.74) is 7.55. The number of nitrogens with two attached hydrogens (primary N) is 1. The van der Waals surface area contributed by atoms with E-state index in [-0.39, 0.29) is 6.04 Å². The third-order valence-electron chi connectivity index (χ3n) is 4.19. The number of rotatable bonds is 5. The highest BCUT2D eigenvalue weighted by Crippen LogP contribution is 2.25. The van der Waals surface area contributed by atoms with Gasteiger partial charge in [-0.15, -0.1) is 0 Å². The lowest BCUT2D eigenvalue weighted by atomic mass is 10.0. The maximum atomic E-state index is 6.32. The first kappa shape index (κ1) is 15.0. The average molecular weight is 325 g/mol. The molecule has 2 unspecified atom stereocenters. The molecule has 1 heterocycles. The van der Waals surface area contributed by atoms with Gasteiger partial charge in [0.2, 0.25) is 0 Å². The Hall–Kier alpha value is -0.380. The van der Waals surface area contributed by atoms with Gasteiger partial charge in [0.05, 0.1) is 0 Å². The number of hydrogen-bond donors (Lipinski definition) is 1. The monoisotopic (exact) mass is 324 g/mol. The van der Waals surface area contributed by atoms with Crippen molar-refractivity contribution in [3.8, 4) is 0 Å².